The standard InChI is InChI=1S/C17H21N6O7P/c18-14-11-15(21-8-20-14)23(17(22-11)19-6-9-4-2-1-3-5-9)16-13(25)12(24)10(30-16)7-29-31(26,27)28/h1-5,8,10,12-13,16,24-25H,6-7H2,(H,19,22)(H2,18,20,21)(H2,26,27,28)/t10-,12-,13-,16?/m1/s1. The number of ether oxygens (including phenoxy) is 1. The van der Waals surface area contributed by atoms with E-state index in [1.54, 1.807) is 0 Å². The van der Waals surface area contributed by atoms with Crippen LogP contribution < -0.4 is 11.1 Å². The van der Waals surface area contributed by atoms with Gasteiger partial charge >= 0.3 is 7.82 Å². The van der Waals surface area contributed by atoms with Crippen LogP contribution in [0.4, 0.5) is 11.8 Å². The third-order valence-corrected chi connectivity index (χ3v) is 5.28. The van der Waals surface area contributed by atoms with E-state index in [2.05, 4.69) is 24.8 Å². The molecule has 0 amide bonds. The van der Waals surface area contributed by atoms with Crippen LogP contribution in [-0.4, -0.2) is 64.4 Å². The molecule has 31 heavy (non-hydrogen) atoms. The van der Waals surface area contributed by atoms with Crippen LogP contribution in [0.2, 0.25) is 0 Å². The molecular weight excluding hydrogens is 431 g/mol. The van der Waals surface area contributed by atoms with Crippen molar-refractivity contribution in [1.29, 1.82) is 0 Å². The first-order valence-electron chi connectivity index (χ1n) is 9.22. The molecule has 4 rings (SSSR count). The third-order valence-electron chi connectivity index (χ3n) is 4.80. The maximum Gasteiger partial charge on any atom is 0.469 e. The highest BCUT2D eigenvalue weighted by atomic mass is 31.2. The number of benzene rings is 1. The maximum absolute atomic E-state index is 11.0. The first-order chi connectivity index (χ1) is 14.7. The largest absolute Gasteiger partial charge is 0.469 e. The van der Waals surface area contributed by atoms with Crippen molar-refractivity contribution >= 4 is 30.8 Å². The lowest BCUT2D eigenvalue weighted by atomic mass is 10.1. The number of imidazole rings is 1. The van der Waals surface area contributed by atoms with Gasteiger partial charge in [0.1, 0.15) is 24.6 Å². The molecule has 1 fully saturated rings. The molecular formula is C17H21N6O7P. The summed E-state index contributed by atoms with van der Waals surface area (Å²) in [5.41, 5.74) is 7.38. The van der Waals surface area contributed by atoms with Crippen molar-refractivity contribution in [2.45, 2.75) is 31.1 Å². The van der Waals surface area contributed by atoms with E-state index in [-0.39, 0.29) is 22.9 Å². The Morgan fingerprint density at radius 1 is 1.19 bits per heavy atom. The number of nitrogens with one attached hydrogen (secondary N) is 1. The minimum atomic E-state index is -4.79. The van der Waals surface area contributed by atoms with E-state index in [9.17, 15) is 14.8 Å². The molecule has 1 aromatic carbocycles. The molecule has 0 spiro atoms. The van der Waals surface area contributed by atoms with E-state index in [1.807, 2.05) is 30.3 Å². The monoisotopic (exact) mass is 452 g/mol. The number of aromatic nitrogens is 4. The molecule has 13 nitrogen and oxygen atoms in total. The van der Waals surface area contributed by atoms with Gasteiger partial charge < -0.3 is 35.8 Å². The molecule has 3 heterocycles. The molecule has 1 aliphatic heterocycles. The molecule has 2 aromatic heterocycles. The van der Waals surface area contributed by atoms with Gasteiger partial charge in [-0.3, -0.25) is 9.09 Å². The number of phosphoric ester groups is 1. The predicted molar refractivity (Wildman–Crippen MR) is 107 cm³/mol. The summed E-state index contributed by atoms with van der Waals surface area (Å²) in [4.78, 5) is 30.3. The molecule has 7 N–H and O–H groups in total. The van der Waals surface area contributed by atoms with Gasteiger partial charge in [-0.25, -0.2) is 19.5 Å². The SMILES string of the molecule is Nc1ncnc2c1nc(NCc1ccccc1)n2C1O[C@H](COP(=O)(O)O)[C@@H](O)[C@H]1O. The van der Waals surface area contributed by atoms with Crippen molar-refractivity contribution in [3.05, 3.63) is 42.2 Å². The molecule has 0 saturated carbocycles. The van der Waals surface area contributed by atoms with Crippen molar-refractivity contribution in [1.82, 2.24) is 19.5 Å². The van der Waals surface area contributed by atoms with Crippen LogP contribution in [0.5, 0.6) is 0 Å². The third kappa shape index (κ3) is 4.52. The summed E-state index contributed by atoms with van der Waals surface area (Å²) >= 11 is 0. The van der Waals surface area contributed by atoms with Crippen LogP contribution in [0.25, 0.3) is 11.2 Å². The smallest absolute Gasteiger partial charge is 0.387 e. The van der Waals surface area contributed by atoms with Crippen molar-refractivity contribution in [2.24, 2.45) is 0 Å². The van der Waals surface area contributed by atoms with Crippen molar-refractivity contribution in [3.8, 4) is 0 Å². The number of nitrogen functional groups attached to an aromatic ring is 1. The second kappa shape index (κ2) is 8.48. The Morgan fingerprint density at radius 2 is 1.94 bits per heavy atom. The number of aliphatic hydroxyl groups excluding tert-OH is 2. The van der Waals surface area contributed by atoms with Crippen LogP contribution in [0, 0.1) is 0 Å². The number of nitrogens with zero attached hydrogens (tertiary/aromatic N) is 4. The lowest BCUT2D eigenvalue weighted by molar-refractivity contribution is -0.0494. The second-order valence-corrected chi connectivity index (χ2v) is 8.15. The molecule has 166 valence electrons. The molecule has 4 atom stereocenters. The summed E-state index contributed by atoms with van der Waals surface area (Å²) in [5.74, 6) is 0.361. The zero-order valence-electron chi connectivity index (χ0n) is 16.0. The highest BCUT2D eigenvalue weighted by Crippen LogP contribution is 2.39. The zero-order chi connectivity index (χ0) is 22.2. The van der Waals surface area contributed by atoms with Crippen molar-refractivity contribution in [3.63, 3.8) is 0 Å². The minimum absolute atomic E-state index is 0.112. The van der Waals surface area contributed by atoms with Crippen LogP contribution in [0.15, 0.2) is 36.7 Å². The van der Waals surface area contributed by atoms with Crippen LogP contribution in [0.1, 0.15) is 11.8 Å². The number of nitrogens with two attached hydrogens (primary N) is 1. The van der Waals surface area contributed by atoms with Crippen molar-refractivity contribution < 1.29 is 33.8 Å². The van der Waals surface area contributed by atoms with E-state index in [4.69, 9.17) is 20.3 Å². The van der Waals surface area contributed by atoms with Gasteiger partial charge in [-0.2, -0.15) is 0 Å². The van der Waals surface area contributed by atoms with Crippen LogP contribution in [0.3, 0.4) is 0 Å². The maximum atomic E-state index is 11.0. The highest BCUT2D eigenvalue weighted by molar-refractivity contribution is 7.46. The quantitative estimate of drug-likeness (QED) is 0.257. The topological polar surface area (TPSA) is 198 Å². The number of hydrogen-bond donors (Lipinski definition) is 6. The average molecular weight is 452 g/mol. The molecule has 1 unspecified atom stereocenters. The first kappa shape index (κ1) is 21.6. The number of phosphoric acid groups is 1. The summed E-state index contributed by atoms with van der Waals surface area (Å²) in [6.45, 7) is -0.247. The van der Waals surface area contributed by atoms with Crippen molar-refractivity contribution in [2.75, 3.05) is 17.7 Å². The molecule has 0 radical (unpaired) electrons. The molecule has 3 aromatic rings. The van der Waals surface area contributed by atoms with Gasteiger partial charge in [0.25, 0.3) is 0 Å². The van der Waals surface area contributed by atoms with E-state index in [0.717, 1.165) is 5.56 Å². The lowest BCUT2D eigenvalue weighted by Gasteiger charge is -2.19. The summed E-state index contributed by atoms with van der Waals surface area (Å²) in [5, 5.41) is 24.1. The fourth-order valence-electron chi connectivity index (χ4n) is 3.32. The summed E-state index contributed by atoms with van der Waals surface area (Å²) in [7, 11) is -4.79. The molecule has 1 aliphatic rings. The molecule has 1 saturated heterocycles. The van der Waals surface area contributed by atoms with E-state index >= 15 is 0 Å². The Balaban J connectivity index is 1.66. The summed E-state index contributed by atoms with van der Waals surface area (Å²) < 4.78 is 22.5. The zero-order valence-corrected chi connectivity index (χ0v) is 16.9. The normalized spacial score (nSPS) is 24.0. The second-order valence-electron chi connectivity index (χ2n) is 6.91. The highest BCUT2D eigenvalue weighted by Gasteiger charge is 2.46. The van der Waals surface area contributed by atoms with E-state index < -0.39 is 39.0 Å². The number of anilines is 2. The Bertz CT molecular complexity index is 1110. The number of hydrogen-bond acceptors (Lipinski definition) is 10. The Labute approximate surface area is 175 Å². The van der Waals surface area contributed by atoms with E-state index in [1.165, 1.54) is 10.9 Å². The van der Waals surface area contributed by atoms with Crippen LogP contribution >= 0.6 is 7.82 Å². The predicted octanol–water partition coefficient (Wildman–Crippen LogP) is -0.251. The van der Waals surface area contributed by atoms with Gasteiger partial charge in [-0.1, -0.05) is 30.3 Å². The lowest BCUT2D eigenvalue weighted by Crippen LogP contribution is -2.33. The van der Waals surface area contributed by atoms with E-state index in [0.29, 0.717) is 6.54 Å². The minimum Gasteiger partial charge on any atom is -0.387 e. The Kier molecular flexibility index (Phi) is 5.90. The average Bonchev–Trinajstić information content (AvgIpc) is 3.24. The number of fused-ring (bicyclic) bond motifs is 1. The van der Waals surface area contributed by atoms with Gasteiger partial charge in [-0.05, 0) is 5.56 Å². The van der Waals surface area contributed by atoms with Gasteiger partial charge in [0, 0.05) is 6.54 Å². The summed E-state index contributed by atoms with van der Waals surface area (Å²) in [6, 6.07) is 9.48. The van der Waals surface area contributed by atoms with Gasteiger partial charge in [-0.15, -0.1) is 0 Å². The fraction of sp³-hybridized carbons (Fsp3) is 0.353. The first-order valence-corrected chi connectivity index (χ1v) is 10.8. The molecule has 0 bridgehead atoms. The van der Waals surface area contributed by atoms with Gasteiger partial charge in [0.05, 0.1) is 6.61 Å². The molecule has 14 heteroatoms. The Hall–Kier alpha value is -2.64. The number of aliphatic hydroxyl groups is 2. The van der Waals surface area contributed by atoms with Crippen LogP contribution in [-0.2, 0) is 20.4 Å². The fourth-order valence-corrected chi connectivity index (χ4v) is 3.66. The molecule has 0 aliphatic carbocycles. The van der Waals surface area contributed by atoms with Gasteiger partial charge in [0.15, 0.2) is 23.2 Å². The number of rotatable bonds is 7. The Morgan fingerprint density at radius 3 is 2.65 bits per heavy atom. The summed E-state index contributed by atoms with van der Waals surface area (Å²) in [6.07, 6.45) is -4.10. The van der Waals surface area contributed by atoms with Gasteiger partial charge in [0.2, 0.25) is 5.95 Å².